The lowest BCUT2D eigenvalue weighted by molar-refractivity contribution is 0.393. The maximum absolute atomic E-state index is 13.2. The quantitative estimate of drug-likeness (QED) is 0.625. The van der Waals surface area contributed by atoms with Crippen molar-refractivity contribution in [1.29, 1.82) is 5.26 Å². The minimum Gasteiger partial charge on any atom is -0.508 e. The zero-order valence-corrected chi connectivity index (χ0v) is 15.8. The fourth-order valence-electron chi connectivity index (χ4n) is 3.49. The molecule has 3 aromatic rings. The summed E-state index contributed by atoms with van der Waals surface area (Å²) >= 11 is 3.38. The number of phenolic OH excluding ortho intramolecular Hbond substituents is 1. The Morgan fingerprint density at radius 1 is 1.30 bits per heavy atom. The SMILES string of the molecule is Cn1c(=O)c2c(c3ccccc31)OC(N)=C(C#N)C2c1cc(Br)ccc1O. The molecule has 27 heavy (non-hydrogen) atoms. The van der Waals surface area contributed by atoms with E-state index in [4.69, 9.17) is 10.5 Å². The number of aromatic hydroxyl groups is 1. The second-order valence-corrected chi connectivity index (χ2v) is 7.17. The predicted molar refractivity (Wildman–Crippen MR) is 104 cm³/mol. The van der Waals surface area contributed by atoms with Gasteiger partial charge in [0, 0.05) is 22.5 Å². The molecule has 4 rings (SSSR count). The summed E-state index contributed by atoms with van der Waals surface area (Å²) in [5.74, 6) is -0.631. The number of nitrogens with two attached hydrogens (primary N) is 1. The van der Waals surface area contributed by atoms with Crippen LogP contribution in [0.4, 0.5) is 0 Å². The third-order valence-electron chi connectivity index (χ3n) is 4.77. The van der Waals surface area contributed by atoms with E-state index in [2.05, 4.69) is 15.9 Å². The third kappa shape index (κ3) is 2.49. The molecule has 2 aromatic carbocycles. The number of phenols is 1. The fourth-order valence-corrected chi connectivity index (χ4v) is 3.87. The summed E-state index contributed by atoms with van der Waals surface area (Å²) in [7, 11) is 1.66. The number of ether oxygens (including phenoxy) is 1. The Hall–Kier alpha value is -3.24. The minimum atomic E-state index is -0.834. The lowest BCUT2D eigenvalue weighted by Gasteiger charge is -2.28. The largest absolute Gasteiger partial charge is 0.508 e. The van der Waals surface area contributed by atoms with Crippen LogP contribution in [0.25, 0.3) is 10.9 Å². The van der Waals surface area contributed by atoms with E-state index in [0.29, 0.717) is 26.7 Å². The number of halogens is 1. The van der Waals surface area contributed by atoms with Gasteiger partial charge in [0.2, 0.25) is 5.88 Å². The Morgan fingerprint density at radius 3 is 2.78 bits per heavy atom. The molecule has 1 atom stereocenters. The van der Waals surface area contributed by atoms with E-state index in [1.54, 1.807) is 19.2 Å². The number of hydrogen-bond donors (Lipinski definition) is 2. The third-order valence-corrected chi connectivity index (χ3v) is 5.26. The Bertz CT molecular complexity index is 1240. The lowest BCUT2D eigenvalue weighted by Crippen LogP contribution is -2.31. The molecule has 0 fully saturated rings. The van der Waals surface area contributed by atoms with Crippen molar-refractivity contribution in [3.63, 3.8) is 0 Å². The van der Waals surface area contributed by atoms with Gasteiger partial charge in [-0.15, -0.1) is 0 Å². The Morgan fingerprint density at radius 2 is 2.04 bits per heavy atom. The van der Waals surface area contributed by atoms with E-state index >= 15 is 0 Å². The standard InChI is InChI=1S/C20H14BrN3O3/c1-24-14-5-3-2-4-11(14)18-17(20(24)26)16(13(9-22)19(23)27-18)12-8-10(21)6-7-15(12)25/h2-8,16,25H,23H2,1H3. The molecule has 0 saturated heterocycles. The number of nitriles is 1. The topological polar surface area (TPSA) is 101 Å². The molecule has 0 radical (unpaired) electrons. The Kier molecular flexibility index (Phi) is 3.93. The summed E-state index contributed by atoms with van der Waals surface area (Å²) in [6.07, 6.45) is 0. The molecule has 0 bridgehead atoms. The highest BCUT2D eigenvalue weighted by Crippen LogP contribution is 2.45. The molecule has 3 N–H and O–H groups in total. The molecular weight excluding hydrogens is 410 g/mol. The normalized spacial score (nSPS) is 16.0. The maximum Gasteiger partial charge on any atom is 0.258 e. The molecule has 1 aliphatic heterocycles. The fraction of sp³-hybridized carbons (Fsp3) is 0.100. The van der Waals surface area contributed by atoms with Gasteiger partial charge in [-0.2, -0.15) is 5.26 Å². The average molecular weight is 424 g/mol. The van der Waals surface area contributed by atoms with Crippen molar-refractivity contribution in [2.75, 3.05) is 0 Å². The number of hydrogen-bond acceptors (Lipinski definition) is 5. The van der Waals surface area contributed by atoms with Gasteiger partial charge in [-0.05, 0) is 30.3 Å². The molecule has 0 saturated carbocycles. The maximum atomic E-state index is 13.2. The van der Waals surface area contributed by atoms with E-state index < -0.39 is 5.92 Å². The van der Waals surface area contributed by atoms with Gasteiger partial charge >= 0.3 is 0 Å². The van der Waals surface area contributed by atoms with Crippen molar-refractivity contribution in [1.82, 2.24) is 4.57 Å². The van der Waals surface area contributed by atoms with Crippen LogP contribution in [0.2, 0.25) is 0 Å². The first-order valence-corrected chi connectivity index (χ1v) is 8.91. The van der Waals surface area contributed by atoms with Gasteiger partial charge in [-0.1, -0.05) is 28.1 Å². The number of aryl methyl sites for hydroxylation is 1. The monoisotopic (exact) mass is 423 g/mol. The van der Waals surface area contributed by atoms with Gasteiger partial charge in [-0.3, -0.25) is 4.79 Å². The molecular formula is C20H14BrN3O3. The van der Waals surface area contributed by atoms with Crippen LogP contribution in [-0.2, 0) is 7.05 Å². The van der Waals surface area contributed by atoms with Crippen molar-refractivity contribution in [2.45, 2.75) is 5.92 Å². The summed E-state index contributed by atoms with van der Waals surface area (Å²) < 4.78 is 7.95. The zero-order valence-electron chi connectivity index (χ0n) is 14.2. The number of benzene rings is 2. The van der Waals surface area contributed by atoms with Crippen molar-refractivity contribution >= 4 is 26.8 Å². The van der Waals surface area contributed by atoms with Crippen LogP contribution >= 0.6 is 15.9 Å². The first-order chi connectivity index (χ1) is 12.9. The van der Waals surface area contributed by atoms with Crippen LogP contribution in [0.1, 0.15) is 17.0 Å². The second-order valence-electron chi connectivity index (χ2n) is 6.25. The van der Waals surface area contributed by atoms with Crippen molar-refractivity contribution in [3.05, 3.63) is 79.9 Å². The molecule has 7 heteroatoms. The van der Waals surface area contributed by atoms with Crippen LogP contribution in [0, 0.1) is 11.3 Å². The number of fused-ring (bicyclic) bond motifs is 3. The highest BCUT2D eigenvalue weighted by molar-refractivity contribution is 9.10. The molecule has 1 aromatic heterocycles. The zero-order chi connectivity index (χ0) is 19.3. The minimum absolute atomic E-state index is 0.0354. The Labute approximate surface area is 162 Å². The highest BCUT2D eigenvalue weighted by Gasteiger charge is 2.36. The van der Waals surface area contributed by atoms with Gasteiger partial charge < -0.3 is 20.1 Å². The summed E-state index contributed by atoms with van der Waals surface area (Å²) in [5.41, 5.74) is 7.17. The van der Waals surface area contributed by atoms with Crippen molar-refractivity contribution in [3.8, 4) is 17.6 Å². The highest BCUT2D eigenvalue weighted by atomic mass is 79.9. The summed E-state index contributed by atoms with van der Waals surface area (Å²) in [6, 6.07) is 14.2. The van der Waals surface area contributed by atoms with E-state index in [1.165, 1.54) is 10.6 Å². The van der Waals surface area contributed by atoms with Crippen LogP contribution < -0.4 is 16.0 Å². The summed E-state index contributed by atoms with van der Waals surface area (Å²) in [5, 5.41) is 20.8. The van der Waals surface area contributed by atoms with E-state index in [1.807, 2.05) is 30.3 Å². The van der Waals surface area contributed by atoms with Crippen LogP contribution in [-0.4, -0.2) is 9.67 Å². The molecule has 0 amide bonds. The molecule has 134 valence electrons. The average Bonchev–Trinajstić information content (AvgIpc) is 2.67. The number of nitrogens with zero attached hydrogens (tertiary/aromatic N) is 2. The molecule has 1 unspecified atom stereocenters. The molecule has 0 spiro atoms. The summed E-state index contributed by atoms with van der Waals surface area (Å²) in [6.45, 7) is 0. The van der Waals surface area contributed by atoms with Crippen LogP contribution in [0.15, 0.2) is 63.2 Å². The van der Waals surface area contributed by atoms with Gasteiger partial charge in [-0.25, -0.2) is 0 Å². The molecule has 6 nitrogen and oxygen atoms in total. The Balaban J connectivity index is 2.17. The smallest absolute Gasteiger partial charge is 0.258 e. The number of aromatic nitrogens is 1. The van der Waals surface area contributed by atoms with Crippen LogP contribution in [0.3, 0.4) is 0 Å². The van der Waals surface area contributed by atoms with E-state index in [-0.39, 0.29) is 28.3 Å². The number of pyridine rings is 1. The van der Waals surface area contributed by atoms with Gasteiger partial charge in [0.1, 0.15) is 23.1 Å². The summed E-state index contributed by atoms with van der Waals surface area (Å²) in [4.78, 5) is 13.2. The first kappa shape index (κ1) is 17.2. The molecule has 1 aliphatic rings. The van der Waals surface area contributed by atoms with Gasteiger partial charge in [0.15, 0.2) is 0 Å². The molecule has 2 heterocycles. The van der Waals surface area contributed by atoms with Gasteiger partial charge in [0.05, 0.1) is 17.0 Å². The van der Waals surface area contributed by atoms with Gasteiger partial charge in [0.25, 0.3) is 5.56 Å². The number of para-hydroxylation sites is 1. The van der Waals surface area contributed by atoms with Crippen molar-refractivity contribution in [2.24, 2.45) is 12.8 Å². The van der Waals surface area contributed by atoms with E-state index in [9.17, 15) is 15.2 Å². The van der Waals surface area contributed by atoms with Crippen molar-refractivity contribution < 1.29 is 9.84 Å². The lowest BCUT2D eigenvalue weighted by atomic mass is 9.83. The first-order valence-electron chi connectivity index (χ1n) is 8.11. The van der Waals surface area contributed by atoms with E-state index in [0.717, 1.165) is 0 Å². The number of rotatable bonds is 1. The second kappa shape index (κ2) is 6.18. The predicted octanol–water partition coefficient (Wildman–Crippen LogP) is 3.22. The van der Waals surface area contributed by atoms with Crippen LogP contribution in [0.5, 0.6) is 11.5 Å². The number of allylic oxidation sites excluding steroid dienone is 1. The molecule has 0 aliphatic carbocycles.